The number of likely N-dealkylation sites (tertiary alicyclic amines) is 1. The number of primary amides is 1. The van der Waals surface area contributed by atoms with E-state index in [0.29, 0.717) is 13.1 Å². The lowest BCUT2D eigenvalue weighted by Gasteiger charge is -2.22. The molecule has 1 aromatic rings. The smallest absolute Gasteiger partial charge is 0.318 e. The predicted octanol–water partition coefficient (Wildman–Crippen LogP) is 0.418. The number of hydrogen-bond acceptors (Lipinski definition) is 4. The van der Waals surface area contributed by atoms with Crippen molar-refractivity contribution in [1.29, 1.82) is 0 Å². The van der Waals surface area contributed by atoms with Crippen molar-refractivity contribution in [2.45, 2.75) is 24.9 Å². The van der Waals surface area contributed by atoms with Crippen molar-refractivity contribution in [3.63, 3.8) is 0 Å². The van der Waals surface area contributed by atoms with Crippen LogP contribution in [0.15, 0.2) is 30.3 Å². The van der Waals surface area contributed by atoms with Crippen molar-refractivity contribution >= 4 is 24.3 Å². The molecule has 1 aliphatic rings. The average molecular weight is 313 g/mol. The monoisotopic (exact) mass is 312 g/mol. The summed E-state index contributed by atoms with van der Waals surface area (Å²) in [5.74, 6) is -0.196. The highest BCUT2D eigenvalue weighted by atomic mass is 35.5. The van der Waals surface area contributed by atoms with Crippen LogP contribution in [0, 0.1) is 0 Å². The summed E-state index contributed by atoms with van der Waals surface area (Å²) in [5, 5.41) is 2.11. The van der Waals surface area contributed by atoms with Gasteiger partial charge in [0, 0.05) is 25.0 Å². The lowest BCUT2D eigenvalue weighted by molar-refractivity contribution is -0.124. The number of rotatable bonds is 3. The molecule has 0 saturated carbocycles. The molecule has 0 aromatic heterocycles. The maximum absolute atomic E-state index is 11.8. The summed E-state index contributed by atoms with van der Waals surface area (Å²) in [5.41, 5.74) is 12.3. The maximum Gasteiger partial charge on any atom is 0.318 e. The Morgan fingerprint density at radius 3 is 2.48 bits per heavy atom. The van der Waals surface area contributed by atoms with Crippen molar-refractivity contribution < 1.29 is 9.59 Å². The second kappa shape index (κ2) is 7.40. The number of nitrogens with two attached hydrogens (primary N) is 2. The zero-order chi connectivity index (χ0) is 14.7. The number of benzene rings is 1. The third-order valence-electron chi connectivity index (χ3n) is 3.79. The molecule has 21 heavy (non-hydrogen) atoms. The number of nitrogens with zero attached hydrogens (tertiary/aromatic N) is 1. The molecule has 0 aliphatic carbocycles. The van der Waals surface area contributed by atoms with E-state index in [2.05, 4.69) is 5.32 Å². The van der Waals surface area contributed by atoms with Gasteiger partial charge in [-0.1, -0.05) is 30.3 Å². The highest BCUT2D eigenvalue weighted by molar-refractivity contribution is 5.96. The first-order valence-corrected chi connectivity index (χ1v) is 6.64. The second-order valence-electron chi connectivity index (χ2n) is 5.16. The molecule has 5 N–H and O–H groups in total. The number of hydrogen-bond donors (Lipinski definition) is 3. The van der Waals surface area contributed by atoms with Crippen LogP contribution in [0.3, 0.4) is 0 Å². The molecule has 1 unspecified atom stereocenters. The highest BCUT2D eigenvalue weighted by Crippen LogP contribution is 2.27. The molecule has 2 rings (SSSR count). The molecular formula is C14H21ClN4O2. The first kappa shape index (κ1) is 17.4. The molecule has 0 spiro atoms. The Bertz CT molecular complexity index is 497. The molecule has 1 heterocycles. The number of carbonyl (C=O) groups is 2. The van der Waals surface area contributed by atoms with Gasteiger partial charge in [-0.15, -0.1) is 12.4 Å². The van der Waals surface area contributed by atoms with E-state index in [9.17, 15) is 9.59 Å². The van der Waals surface area contributed by atoms with Gasteiger partial charge in [0.15, 0.2) is 0 Å². The third kappa shape index (κ3) is 4.17. The standard InChI is InChI=1S/C14H20N4O2.ClH/c1-9(13(19)17-14(16)20)18-7-11(12(15)8-18)10-5-3-2-4-6-10;/h2-6,9,11-12H,7-8,15H2,1H3,(H3,16,17,19,20);1H/t9?,11-,12+;/m0./s1. The van der Waals surface area contributed by atoms with Gasteiger partial charge in [0.1, 0.15) is 0 Å². The Hall–Kier alpha value is -1.63. The molecule has 1 aromatic carbocycles. The van der Waals surface area contributed by atoms with E-state index in [1.165, 1.54) is 5.56 Å². The van der Waals surface area contributed by atoms with Gasteiger partial charge >= 0.3 is 6.03 Å². The number of urea groups is 1. The van der Waals surface area contributed by atoms with Crippen LogP contribution in [0.2, 0.25) is 0 Å². The zero-order valence-corrected chi connectivity index (χ0v) is 12.7. The number of imide groups is 1. The molecule has 1 aliphatic heterocycles. The zero-order valence-electron chi connectivity index (χ0n) is 11.9. The summed E-state index contributed by atoms with van der Waals surface area (Å²) in [7, 11) is 0. The quantitative estimate of drug-likeness (QED) is 0.752. The number of halogens is 1. The van der Waals surface area contributed by atoms with E-state index in [4.69, 9.17) is 11.5 Å². The van der Waals surface area contributed by atoms with Gasteiger partial charge < -0.3 is 11.5 Å². The molecule has 7 heteroatoms. The molecular weight excluding hydrogens is 292 g/mol. The van der Waals surface area contributed by atoms with Crippen molar-refractivity contribution in [3.8, 4) is 0 Å². The van der Waals surface area contributed by atoms with Gasteiger partial charge in [-0.3, -0.25) is 15.0 Å². The lowest BCUT2D eigenvalue weighted by atomic mass is 9.95. The van der Waals surface area contributed by atoms with E-state index in [1.807, 2.05) is 35.2 Å². The Kier molecular flexibility index (Phi) is 6.14. The van der Waals surface area contributed by atoms with Crippen LogP contribution in [0.25, 0.3) is 0 Å². The summed E-state index contributed by atoms with van der Waals surface area (Å²) < 4.78 is 0. The number of amides is 3. The minimum absolute atomic E-state index is 0. The first-order chi connectivity index (χ1) is 9.49. The summed E-state index contributed by atoms with van der Waals surface area (Å²) in [4.78, 5) is 24.5. The fourth-order valence-electron chi connectivity index (χ4n) is 2.62. The van der Waals surface area contributed by atoms with Crippen LogP contribution in [-0.2, 0) is 4.79 Å². The van der Waals surface area contributed by atoms with E-state index in [0.717, 1.165) is 0 Å². The van der Waals surface area contributed by atoms with E-state index >= 15 is 0 Å². The van der Waals surface area contributed by atoms with Crippen molar-refractivity contribution in [1.82, 2.24) is 10.2 Å². The van der Waals surface area contributed by atoms with Crippen LogP contribution in [0.4, 0.5) is 4.79 Å². The molecule has 3 amide bonds. The van der Waals surface area contributed by atoms with Crippen LogP contribution < -0.4 is 16.8 Å². The van der Waals surface area contributed by atoms with Crippen molar-refractivity contribution in [2.75, 3.05) is 13.1 Å². The summed E-state index contributed by atoms with van der Waals surface area (Å²) in [6, 6.07) is 8.73. The van der Waals surface area contributed by atoms with Crippen LogP contribution >= 0.6 is 12.4 Å². The average Bonchev–Trinajstić information content (AvgIpc) is 2.80. The fraction of sp³-hybridized carbons (Fsp3) is 0.429. The van der Waals surface area contributed by atoms with E-state index in [-0.39, 0.29) is 24.4 Å². The minimum Gasteiger partial charge on any atom is -0.351 e. The second-order valence-corrected chi connectivity index (χ2v) is 5.16. The van der Waals surface area contributed by atoms with Gasteiger partial charge in [0.05, 0.1) is 6.04 Å². The highest BCUT2D eigenvalue weighted by Gasteiger charge is 2.35. The Labute approximate surface area is 130 Å². The Morgan fingerprint density at radius 1 is 1.29 bits per heavy atom. The predicted molar refractivity (Wildman–Crippen MR) is 83.2 cm³/mol. The Morgan fingerprint density at radius 2 is 1.90 bits per heavy atom. The van der Waals surface area contributed by atoms with E-state index < -0.39 is 18.0 Å². The Balaban J connectivity index is 0.00000220. The maximum atomic E-state index is 11.8. The van der Waals surface area contributed by atoms with Gasteiger partial charge in [-0.2, -0.15) is 0 Å². The minimum atomic E-state index is -0.829. The topological polar surface area (TPSA) is 101 Å². The SMILES string of the molecule is CC(C(=O)NC(N)=O)N1C[C@@H](N)[C@H](c2ccccc2)C1.Cl. The summed E-state index contributed by atoms with van der Waals surface area (Å²) in [6.07, 6.45) is 0. The molecule has 116 valence electrons. The number of nitrogens with one attached hydrogen (secondary N) is 1. The third-order valence-corrected chi connectivity index (χ3v) is 3.79. The van der Waals surface area contributed by atoms with Gasteiger partial charge in [-0.25, -0.2) is 4.79 Å². The lowest BCUT2D eigenvalue weighted by Crippen LogP contribution is -2.48. The van der Waals surface area contributed by atoms with Crippen molar-refractivity contribution in [2.24, 2.45) is 11.5 Å². The first-order valence-electron chi connectivity index (χ1n) is 6.64. The summed E-state index contributed by atoms with van der Waals surface area (Å²) >= 11 is 0. The van der Waals surface area contributed by atoms with Gasteiger partial charge in [0.2, 0.25) is 5.91 Å². The van der Waals surface area contributed by atoms with E-state index in [1.54, 1.807) is 6.92 Å². The molecule has 0 bridgehead atoms. The van der Waals surface area contributed by atoms with Crippen LogP contribution in [-0.4, -0.2) is 42.0 Å². The normalized spacial score (nSPS) is 23.1. The molecule has 3 atom stereocenters. The molecule has 0 radical (unpaired) electrons. The summed E-state index contributed by atoms with van der Waals surface area (Å²) in [6.45, 7) is 3.06. The molecule has 6 nitrogen and oxygen atoms in total. The van der Waals surface area contributed by atoms with Crippen LogP contribution in [0.1, 0.15) is 18.4 Å². The number of carbonyl (C=O) groups excluding carboxylic acids is 2. The van der Waals surface area contributed by atoms with Crippen LogP contribution in [0.5, 0.6) is 0 Å². The fourth-order valence-corrected chi connectivity index (χ4v) is 2.62. The molecule has 1 saturated heterocycles. The van der Waals surface area contributed by atoms with Gasteiger partial charge in [0.25, 0.3) is 0 Å². The van der Waals surface area contributed by atoms with Crippen molar-refractivity contribution in [3.05, 3.63) is 35.9 Å². The molecule has 1 fully saturated rings. The largest absolute Gasteiger partial charge is 0.351 e. The van der Waals surface area contributed by atoms with Gasteiger partial charge in [-0.05, 0) is 12.5 Å².